The molecule has 3 unspecified atom stereocenters. The molecule has 3 atom stereocenters. The van der Waals surface area contributed by atoms with Crippen molar-refractivity contribution in [3.05, 3.63) is 0 Å². The van der Waals surface area contributed by atoms with Crippen molar-refractivity contribution in [2.24, 2.45) is 0 Å². The molecule has 0 aromatic carbocycles. The van der Waals surface area contributed by atoms with E-state index < -0.39 is 23.3 Å². The van der Waals surface area contributed by atoms with Crippen molar-refractivity contribution in [3.8, 4) is 0 Å². The Hall–Kier alpha value is -0.950. The Kier molecular flexibility index (Phi) is 7.77. The fraction of sp³-hybridized carbons (Fsp3) is 0.700. The quantitative estimate of drug-likeness (QED) is 0.577. The minimum absolute atomic E-state index is 0.149. The summed E-state index contributed by atoms with van der Waals surface area (Å²) in [6.45, 7) is 2.98. The van der Waals surface area contributed by atoms with E-state index in [1.165, 1.54) is 25.7 Å². The van der Waals surface area contributed by atoms with Crippen LogP contribution < -0.4 is 10.6 Å². The van der Waals surface area contributed by atoms with Crippen LogP contribution in [-0.4, -0.2) is 52.4 Å². The lowest BCUT2D eigenvalue weighted by Gasteiger charge is -2.19. The normalized spacial score (nSPS) is 15.3. The van der Waals surface area contributed by atoms with Crippen LogP contribution >= 0.6 is 23.4 Å². The van der Waals surface area contributed by atoms with Gasteiger partial charge in [-0.1, -0.05) is 6.92 Å². The van der Waals surface area contributed by atoms with Crippen LogP contribution in [0, 0.1) is 0 Å². The van der Waals surface area contributed by atoms with Crippen molar-refractivity contribution in [1.82, 2.24) is 10.6 Å². The lowest BCUT2D eigenvalue weighted by atomic mass is 10.3. The smallest absolute Gasteiger partial charge is 0.327 e. The average molecular weight is 297 g/mol. The molecule has 0 bridgehead atoms. The van der Waals surface area contributed by atoms with Crippen molar-refractivity contribution >= 4 is 41.1 Å². The van der Waals surface area contributed by atoms with Crippen molar-refractivity contribution in [3.63, 3.8) is 0 Å². The van der Waals surface area contributed by atoms with E-state index in [-0.39, 0.29) is 16.9 Å². The van der Waals surface area contributed by atoms with Gasteiger partial charge in [0.05, 0.1) is 0 Å². The standard InChI is InChI=1S/C10H17ClN2O4S/c1-5(8(11)9(15)12-3)18-4-7(10(16)17)13-6(2)14/h5,7-8H,4H2,1-3H3,(H,12,15)(H,13,14)(H,16,17). The molecule has 0 spiro atoms. The molecule has 0 saturated heterocycles. The van der Waals surface area contributed by atoms with Gasteiger partial charge < -0.3 is 15.7 Å². The molecule has 6 nitrogen and oxygen atoms in total. The zero-order valence-corrected chi connectivity index (χ0v) is 12.0. The number of carboxylic acids is 1. The third-order valence-electron chi connectivity index (χ3n) is 2.11. The first-order chi connectivity index (χ1) is 8.29. The number of alkyl halides is 1. The number of halogens is 1. The zero-order valence-electron chi connectivity index (χ0n) is 10.4. The number of carbonyl (C=O) groups is 3. The van der Waals surface area contributed by atoms with Gasteiger partial charge in [-0.2, -0.15) is 11.8 Å². The molecule has 0 saturated carbocycles. The third-order valence-corrected chi connectivity index (χ3v) is 4.16. The van der Waals surface area contributed by atoms with Gasteiger partial charge in [0.25, 0.3) is 0 Å². The van der Waals surface area contributed by atoms with Gasteiger partial charge in [0.15, 0.2) is 0 Å². The molecule has 0 fully saturated rings. The van der Waals surface area contributed by atoms with Gasteiger partial charge in [-0.3, -0.25) is 9.59 Å². The largest absolute Gasteiger partial charge is 0.480 e. The number of hydrogen-bond donors (Lipinski definition) is 3. The predicted octanol–water partition coefficient (Wildman–Crippen LogP) is 0.0508. The maximum Gasteiger partial charge on any atom is 0.327 e. The molecule has 8 heteroatoms. The predicted molar refractivity (Wildman–Crippen MR) is 70.9 cm³/mol. The van der Waals surface area contributed by atoms with Crippen molar-refractivity contribution < 1.29 is 19.5 Å². The Balaban J connectivity index is 4.30. The highest BCUT2D eigenvalue weighted by atomic mass is 35.5. The maximum atomic E-state index is 11.3. The highest BCUT2D eigenvalue weighted by molar-refractivity contribution is 8.00. The first kappa shape index (κ1) is 17.1. The van der Waals surface area contributed by atoms with Gasteiger partial charge in [0.1, 0.15) is 11.4 Å². The molecule has 18 heavy (non-hydrogen) atoms. The van der Waals surface area contributed by atoms with Crippen LogP contribution in [0.5, 0.6) is 0 Å². The topological polar surface area (TPSA) is 95.5 Å². The van der Waals surface area contributed by atoms with Gasteiger partial charge >= 0.3 is 5.97 Å². The highest BCUT2D eigenvalue weighted by Crippen LogP contribution is 2.19. The van der Waals surface area contributed by atoms with Crippen LogP contribution in [0.15, 0.2) is 0 Å². The molecule has 0 radical (unpaired) electrons. The summed E-state index contributed by atoms with van der Waals surface area (Å²) < 4.78 is 0. The summed E-state index contributed by atoms with van der Waals surface area (Å²) >= 11 is 7.10. The number of hydrogen-bond acceptors (Lipinski definition) is 4. The summed E-state index contributed by atoms with van der Waals surface area (Å²) in [6, 6.07) is -0.983. The molecule has 0 aliphatic carbocycles. The van der Waals surface area contributed by atoms with Crippen molar-refractivity contribution in [2.75, 3.05) is 12.8 Å². The summed E-state index contributed by atoms with van der Waals surface area (Å²) in [5.41, 5.74) is 0. The number of amides is 2. The van der Waals surface area contributed by atoms with Gasteiger partial charge in [-0.25, -0.2) is 4.79 Å². The lowest BCUT2D eigenvalue weighted by Crippen LogP contribution is -2.42. The summed E-state index contributed by atoms with van der Waals surface area (Å²) in [4.78, 5) is 33.0. The Morgan fingerprint density at radius 1 is 1.39 bits per heavy atom. The van der Waals surface area contributed by atoms with Crippen LogP contribution in [0.25, 0.3) is 0 Å². The van der Waals surface area contributed by atoms with Crippen LogP contribution in [0.2, 0.25) is 0 Å². The van der Waals surface area contributed by atoms with Crippen LogP contribution in [-0.2, 0) is 14.4 Å². The minimum atomic E-state index is -1.11. The fourth-order valence-electron chi connectivity index (χ4n) is 1.10. The maximum absolute atomic E-state index is 11.3. The van der Waals surface area contributed by atoms with Crippen LogP contribution in [0.1, 0.15) is 13.8 Å². The Morgan fingerprint density at radius 2 is 1.94 bits per heavy atom. The van der Waals surface area contributed by atoms with Crippen molar-refractivity contribution in [1.29, 1.82) is 0 Å². The van der Waals surface area contributed by atoms with E-state index in [0.717, 1.165) is 0 Å². The second-order valence-corrected chi connectivity index (χ2v) is 5.53. The molecular formula is C10H17ClN2O4S. The fourth-order valence-corrected chi connectivity index (χ4v) is 2.45. The molecule has 2 amide bonds. The molecule has 0 aromatic rings. The first-order valence-corrected chi connectivity index (χ1v) is 6.75. The summed E-state index contributed by atoms with van der Waals surface area (Å²) in [5, 5.41) is 12.6. The Bertz CT molecular complexity index is 327. The average Bonchev–Trinajstić information content (AvgIpc) is 2.31. The second-order valence-electron chi connectivity index (χ2n) is 3.65. The van der Waals surface area contributed by atoms with Gasteiger partial charge in [-0.05, 0) is 0 Å². The molecule has 0 heterocycles. The molecule has 0 aromatic heterocycles. The lowest BCUT2D eigenvalue weighted by molar-refractivity contribution is -0.140. The Morgan fingerprint density at radius 3 is 2.33 bits per heavy atom. The SMILES string of the molecule is CNC(=O)C(Cl)C(C)SCC(NC(C)=O)C(=O)O. The zero-order chi connectivity index (χ0) is 14.3. The molecule has 3 N–H and O–H groups in total. The van der Waals surface area contributed by atoms with Crippen LogP contribution in [0.3, 0.4) is 0 Å². The minimum Gasteiger partial charge on any atom is -0.480 e. The summed E-state index contributed by atoms with van der Waals surface area (Å²) in [7, 11) is 1.48. The van der Waals surface area contributed by atoms with E-state index in [2.05, 4.69) is 10.6 Å². The Labute approximate surface area is 115 Å². The number of rotatable bonds is 7. The van der Waals surface area contributed by atoms with E-state index in [0.29, 0.717) is 0 Å². The summed E-state index contributed by atoms with van der Waals surface area (Å²) in [6.07, 6.45) is 0. The molecule has 104 valence electrons. The van der Waals surface area contributed by atoms with Gasteiger partial charge in [0.2, 0.25) is 11.8 Å². The molecule has 0 aliphatic rings. The van der Waals surface area contributed by atoms with Crippen LogP contribution in [0.4, 0.5) is 0 Å². The molecule has 0 rings (SSSR count). The molecular weight excluding hydrogens is 280 g/mol. The number of thioether (sulfide) groups is 1. The number of nitrogens with one attached hydrogen (secondary N) is 2. The van der Waals surface area contributed by atoms with Gasteiger partial charge in [0, 0.05) is 25.0 Å². The second kappa shape index (κ2) is 8.20. The monoisotopic (exact) mass is 296 g/mol. The summed E-state index contributed by atoms with van der Waals surface area (Å²) in [5.74, 6) is -1.69. The van der Waals surface area contributed by atoms with E-state index >= 15 is 0 Å². The number of aliphatic carboxylic acids is 1. The van der Waals surface area contributed by atoms with E-state index in [9.17, 15) is 14.4 Å². The number of carboxylic acid groups (broad SMARTS) is 1. The van der Waals surface area contributed by atoms with E-state index in [1.54, 1.807) is 6.92 Å². The molecule has 0 aliphatic heterocycles. The highest BCUT2D eigenvalue weighted by Gasteiger charge is 2.25. The first-order valence-electron chi connectivity index (χ1n) is 5.26. The van der Waals surface area contributed by atoms with E-state index in [4.69, 9.17) is 16.7 Å². The van der Waals surface area contributed by atoms with Crippen molar-refractivity contribution in [2.45, 2.75) is 30.5 Å². The number of carbonyl (C=O) groups excluding carboxylic acids is 2. The third kappa shape index (κ3) is 6.11. The van der Waals surface area contributed by atoms with Gasteiger partial charge in [-0.15, -0.1) is 11.6 Å². The van der Waals surface area contributed by atoms with E-state index in [1.807, 2.05) is 0 Å².